The van der Waals surface area contributed by atoms with Crippen LogP contribution < -0.4 is 10.6 Å². The number of likely N-dealkylation sites (N-methyl/N-ethyl adjacent to an activating group) is 2. The Morgan fingerprint density at radius 3 is 1.98 bits per heavy atom. The van der Waals surface area contributed by atoms with Crippen molar-refractivity contribution < 1.29 is 38.3 Å². The number of carbonyl (C=O) groups excluding carboxylic acids is 7. The minimum atomic E-state index is -1.14. The van der Waals surface area contributed by atoms with Gasteiger partial charge in [0.2, 0.25) is 35.9 Å². The molecule has 0 saturated carbocycles. The van der Waals surface area contributed by atoms with Crippen molar-refractivity contribution in [2.24, 2.45) is 11.8 Å². The van der Waals surface area contributed by atoms with Gasteiger partial charge in [-0.25, -0.2) is 0 Å². The maximum Gasteiger partial charge on any atom is 0.247 e. The van der Waals surface area contributed by atoms with Crippen LogP contribution in [0.2, 0.25) is 0 Å². The standard InChI is InChI=1S/C35H62N6O8/c1-9-19-49-23-28(36-24-43)33(46)40(8)30(21-26(4)5)35(48)39(7)29(20-25(2)3)32(45)37-27(34(47)41-16-11-10-12-17-41)22-31(44)38(6)15-13-14-18-42/h18,24-30H,9-17,19-23H2,1-8H3,(H,36,43)(H,37,45)/t27?,28-,29-,30-/m0/s1. The van der Waals surface area contributed by atoms with Crippen molar-refractivity contribution in [3.63, 3.8) is 0 Å². The number of hydrogen-bond donors (Lipinski definition) is 2. The molecule has 1 unspecified atom stereocenters. The summed E-state index contributed by atoms with van der Waals surface area (Å²) in [7, 11) is 4.62. The summed E-state index contributed by atoms with van der Waals surface area (Å²) in [5, 5.41) is 5.32. The summed E-state index contributed by atoms with van der Waals surface area (Å²) in [5.41, 5.74) is 0. The number of nitrogens with one attached hydrogen (secondary N) is 2. The fourth-order valence-corrected chi connectivity index (χ4v) is 5.83. The van der Waals surface area contributed by atoms with Crippen LogP contribution in [0.1, 0.15) is 92.4 Å². The summed E-state index contributed by atoms with van der Waals surface area (Å²) in [4.78, 5) is 96.6. The van der Waals surface area contributed by atoms with Crippen LogP contribution in [0, 0.1) is 11.8 Å². The molecular weight excluding hydrogens is 632 g/mol. The lowest BCUT2D eigenvalue weighted by molar-refractivity contribution is -0.150. The van der Waals surface area contributed by atoms with Crippen molar-refractivity contribution in [2.45, 2.75) is 117 Å². The van der Waals surface area contributed by atoms with Gasteiger partial charge in [-0.1, -0.05) is 34.6 Å². The van der Waals surface area contributed by atoms with Gasteiger partial charge in [-0.05, 0) is 56.8 Å². The van der Waals surface area contributed by atoms with E-state index in [4.69, 9.17) is 4.74 Å². The van der Waals surface area contributed by atoms with E-state index >= 15 is 0 Å². The number of hydrogen-bond acceptors (Lipinski definition) is 8. The molecule has 1 aliphatic rings. The fraction of sp³-hybridized carbons (Fsp3) is 0.800. The van der Waals surface area contributed by atoms with E-state index in [0.29, 0.717) is 51.9 Å². The largest absolute Gasteiger partial charge is 0.379 e. The van der Waals surface area contributed by atoms with Crippen LogP contribution in [0.15, 0.2) is 0 Å². The molecule has 14 nitrogen and oxygen atoms in total. The fourth-order valence-electron chi connectivity index (χ4n) is 5.83. The third-order valence-electron chi connectivity index (χ3n) is 8.71. The number of rotatable bonds is 23. The lowest BCUT2D eigenvalue weighted by Gasteiger charge is -2.37. The Balaban J connectivity index is 3.36. The summed E-state index contributed by atoms with van der Waals surface area (Å²) in [6.45, 7) is 11.4. The molecular formula is C35H62N6O8. The monoisotopic (exact) mass is 694 g/mol. The van der Waals surface area contributed by atoms with Gasteiger partial charge in [-0.3, -0.25) is 28.8 Å². The molecule has 6 amide bonds. The Morgan fingerprint density at radius 2 is 1.43 bits per heavy atom. The first-order chi connectivity index (χ1) is 23.2. The summed E-state index contributed by atoms with van der Waals surface area (Å²) in [6.07, 6.45) is 5.69. The van der Waals surface area contributed by atoms with Gasteiger partial charge in [-0.15, -0.1) is 0 Å². The highest BCUT2D eigenvalue weighted by Gasteiger charge is 2.39. The average molecular weight is 695 g/mol. The Labute approximate surface area is 293 Å². The van der Waals surface area contributed by atoms with Gasteiger partial charge < -0.3 is 39.8 Å². The molecule has 0 aromatic rings. The molecule has 280 valence electrons. The zero-order valence-corrected chi connectivity index (χ0v) is 31.1. The molecule has 1 saturated heterocycles. The van der Waals surface area contributed by atoms with Gasteiger partial charge in [0.1, 0.15) is 30.5 Å². The highest BCUT2D eigenvalue weighted by Crippen LogP contribution is 2.20. The van der Waals surface area contributed by atoms with Crippen molar-refractivity contribution in [1.29, 1.82) is 0 Å². The first kappa shape index (κ1) is 43.5. The average Bonchev–Trinajstić information content (AvgIpc) is 3.07. The Bertz CT molecular complexity index is 1080. The van der Waals surface area contributed by atoms with Crippen LogP contribution in [0.3, 0.4) is 0 Å². The van der Waals surface area contributed by atoms with Crippen LogP contribution >= 0.6 is 0 Å². The zero-order chi connectivity index (χ0) is 37.1. The number of nitrogens with zero attached hydrogens (tertiary/aromatic N) is 4. The van der Waals surface area contributed by atoms with E-state index in [1.54, 1.807) is 11.9 Å². The van der Waals surface area contributed by atoms with Gasteiger partial charge in [0.15, 0.2) is 0 Å². The molecule has 0 bridgehead atoms. The third kappa shape index (κ3) is 14.8. The number of ether oxygens (including phenoxy) is 1. The number of aldehydes is 1. The maximum absolute atomic E-state index is 14.2. The Hall–Kier alpha value is -3.55. The first-order valence-corrected chi connectivity index (χ1v) is 17.8. The van der Waals surface area contributed by atoms with Crippen LogP contribution in [-0.2, 0) is 38.3 Å². The predicted molar refractivity (Wildman–Crippen MR) is 186 cm³/mol. The SMILES string of the molecule is CCCOC[C@H](NC=O)C(=O)N(C)[C@@H](CC(C)C)C(=O)N(C)[C@@H](CC(C)C)C(=O)NC(CC(=O)N(C)CCCC=O)C(=O)N1CCCCC1. The van der Waals surface area contributed by atoms with E-state index in [1.165, 1.54) is 28.8 Å². The molecule has 0 radical (unpaired) electrons. The van der Waals surface area contributed by atoms with Gasteiger partial charge in [0, 0.05) is 53.8 Å². The Kier molecular flexibility index (Phi) is 20.4. The van der Waals surface area contributed by atoms with Crippen LogP contribution in [0.25, 0.3) is 0 Å². The second-order valence-electron chi connectivity index (χ2n) is 13.9. The zero-order valence-electron chi connectivity index (χ0n) is 31.1. The number of carbonyl (C=O) groups is 7. The molecule has 0 aromatic carbocycles. The van der Waals surface area contributed by atoms with Crippen molar-refractivity contribution in [3.05, 3.63) is 0 Å². The molecule has 4 atom stereocenters. The summed E-state index contributed by atoms with van der Waals surface area (Å²) >= 11 is 0. The van der Waals surface area contributed by atoms with Crippen LogP contribution in [-0.4, -0.2) is 140 Å². The third-order valence-corrected chi connectivity index (χ3v) is 8.71. The van der Waals surface area contributed by atoms with E-state index in [0.717, 1.165) is 32.0 Å². The smallest absolute Gasteiger partial charge is 0.247 e. The van der Waals surface area contributed by atoms with E-state index in [2.05, 4.69) is 10.6 Å². The summed E-state index contributed by atoms with van der Waals surface area (Å²) in [6, 6.07) is -4.08. The minimum absolute atomic E-state index is 0.00451. The highest BCUT2D eigenvalue weighted by atomic mass is 16.5. The van der Waals surface area contributed by atoms with Gasteiger partial charge in [0.05, 0.1) is 13.0 Å². The molecule has 1 aliphatic heterocycles. The van der Waals surface area contributed by atoms with Crippen molar-refractivity contribution >= 4 is 42.2 Å². The summed E-state index contributed by atoms with van der Waals surface area (Å²) in [5.74, 6) is -2.23. The molecule has 2 N–H and O–H groups in total. The molecule has 0 aromatic heterocycles. The van der Waals surface area contributed by atoms with Crippen LogP contribution in [0.4, 0.5) is 0 Å². The van der Waals surface area contributed by atoms with E-state index < -0.39 is 41.9 Å². The van der Waals surface area contributed by atoms with Crippen molar-refractivity contribution in [2.75, 3.05) is 54.0 Å². The molecule has 1 heterocycles. The maximum atomic E-state index is 14.2. The molecule has 49 heavy (non-hydrogen) atoms. The lowest BCUT2D eigenvalue weighted by Crippen LogP contribution is -2.60. The summed E-state index contributed by atoms with van der Waals surface area (Å²) < 4.78 is 5.53. The number of piperidine rings is 1. The topological polar surface area (TPSA) is 166 Å². The van der Waals surface area contributed by atoms with Crippen LogP contribution in [0.5, 0.6) is 0 Å². The molecule has 0 spiro atoms. The van der Waals surface area contributed by atoms with Crippen molar-refractivity contribution in [3.8, 4) is 0 Å². The van der Waals surface area contributed by atoms with Crippen molar-refractivity contribution in [1.82, 2.24) is 30.2 Å². The number of amides is 6. The first-order valence-electron chi connectivity index (χ1n) is 17.8. The molecule has 1 fully saturated rings. The number of unbranched alkanes of at least 4 members (excludes halogenated alkanes) is 1. The quantitative estimate of drug-likeness (QED) is 0.120. The second kappa shape index (κ2) is 23.0. The molecule has 1 rings (SSSR count). The predicted octanol–water partition coefficient (Wildman–Crippen LogP) is 1.60. The molecule has 14 heteroatoms. The molecule has 0 aliphatic carbocycles. The lowest BCUT2D eigenvalue weighted by atomic mass is 9.97. The van der Waals surface area contributed by atoms with Gasteiger partial charge in [0.25, 0.3) is 0 Å². The van der Waals surface area contributed by atoms with E-state index in [-0.39, 0.29) is 43.1 Å². The van der Waals surface area contributed by atoms with E-state index in [9.17, 15) is 33.6 Å². The van der Waals surface area contributed by atoms with Gasteiger partial charge in [-0.2, -0.15) is 0 Å². The van der Waals surface area contributed by atoms with Gasteiger partial charge >= 0.3 is 0 Å². The van der Waals surface area contributed by atoms with E-state index in [1.807, 2.05) is 34.6 Å². The number of likely N-dealkylation sites (tertiary alicyclic amines) is 1. The Morgan fingerprint density at radius 1 is 0.837 bits per heavy atom. The second-order valence-corrected chi connectivity index (χ2v) is 13.9. The minimum Gasteiger partial charge on any atom is -0.379 e. The highest BCUT2D eigenvalue weighted by molar-refractivity contribution is 5.96. The normalized spacial score (nSPS) is 15.5.